The van der Waals surface area contributed by atoms with Gasteiger partial charge in [-0.2, -0.15) is 0 Å². The minimum Gasteiger partial charge on any atom is -0.441 e. The van der Waals surface area contributed by atoms with Crippen LogP contribution >= 0.6 is 11.6 Å². The Labute approximate surface area is 138 Å². The first-order valence-corrected chi connectivity index (χ1v) is 7.60. The fourth-order valence-corrected chi connectivity index (χ4v) is 2.43. The lowest BCUT2D eigenvalue weighted by molar-refractivity contribution is -0.116. The summed E-state index contributed by atoms with van der Waals surface area (Å²) in [5.74, 6) is 0.441. The Bertz CT molecular complexity index is 860. The minimum atomic E-state index is -0.434. The summed E-state index contributed by atoms with van der Waals surface area (Å²) < 4.78 is 5.43. The van der Waals surface area contributed by atoms with Gasteiger partial charge in [-0.05, 0) is 37.3 Å². The number of anilines is 2. The summed E-state index contributed by atoms with van der Waals surface area (Å²) in [6.07, 6.45) is 0. The minimum absolute atomic E-state index is 0.172. The maximum atomic E-state index is 12.3. The van der Waals surface area contributed by atoms with Crippen LogP contribution in [0.1, 0.15) is 12.8 Å². The number of para-hydroxylation sites is 1. The number of rotatable bonds is 4. The number of nitrogens with zero attached hydrogens (tertiary/aromatic N) is 1. The Morgan fingerprint density at radius 3 is 2.83 bits per heavy atom. The van der Waals surface area contributed by atoms with Crippen molar-refractivity contribution in [3.63, 3.8) is 0 Å². The predicted molar refractivity (Wildman–Crippen MR) is 91.9 cm³/mol. The van der Waals surface area contributed by atoms with Crippen LogP contribution in [-0.4, -0.2) is 16.9 Å². The zero-order valence-corrected chi connectivity index (χ0v) is 13.5. The smallest absolute Gasteiger partial charge is 0.246 e. The second kappa shape index (κ2) is 6.30. The van der Waals surface area contributed by atoms with Crippen LogP contribution in [0.25, 0.3) is 11.1 Å². The van der Waals surface area contributed by atoms with Crippen LogP contribution in [0.5, 0.6) is 0 Å². The van der Waals surface area contributed by atoms with Crippen LogP contribution in [0.3, 0.4) is 0 Å². The van der Waals surface area contributed by atoms with Gasteiger partial charge in [-0.25, -0.2) is 4.98 Å². The van der Waals surface area contributed by atoms with Gasteiger partial charge >= 0.3 is 0 Å². The second-order valence-corrected chi connectivity index (χ2v) is 5.66. The Balaban J connectivity index is 1.70. The lowest BCUT2D eigenvalue weighted by Gasteiger charge is -2.15. The first-order chi connectivity index (χ1) is 11.0. The summed E-state index contributed by atoms with van der Waals surface area (Å²) in [6, 6.07) is 12.2. The van der Waals surface area contributed by atoms with Crippen molar-refractivity contribution < 1.29 is 9.21 Å². The summed E-state index contributed by atoms with van der Waals surface area (Å²) in [7, 11) is 0. The molecular weight excluding hydrogens is 314 g/mol. The summed E-state index contributed by atoms with van der Waals surface area (Å²) in [6.45, 7) is 3.58. The fraction of sp³-hybridized carbons (Fsp3) is 0.176. The molecule has 1 atom stereocenters. The molecule has 2 aromatic carbocycles. The van der Waals surface area contributed by atoms with Gasteiger partial charge in [-0.3, -0.25) is 4.79 Å². The van der Waals surface area contributed by atoms with E-state index in [1.807, 2.05) is 30.3 Å². The molecule has 0 aliphatic carbocycles. The van der Waals surface area contributed by atoms with E-state index in [0.29, 0.717) is 16.6 Å². The number of fused-ring (bicyclic) bond motifs is 1. The monoisotopic (exact) mass is 329 g/mol. The van der Waals surface area contributed by atoms with Gasteiger partial charge in [-0.1, -0.05) is 23.7 Å². The molecule has 3 aromatic rings. The molecule has 0 aliphatic rings. The van der Waals surface area contributed by atoms with Crippen molar-refractivity contribution in [2.45, 2.75) is 19.9 Å². The van der Waals surface area contributed by atoms with Crippen molar-refractivity contribution in [3.05, 3.63) is 53.4 Å². The number of carbonyl (C=O) groups excluding carboxylic acids is 1. The number of benzene rings is 2. The largest absolute Gasteiger partial charge is 0.441 e. The van der Waals surface area contributed by atoms with E-state index >= 15 is 0 Å². The number of hydrogen-bond donors (Lipinski definition) is 2. The fourth-order valence-electron chi connectivity index (χ4n) is 2.25. The summed E-state index contributed by atoms with van der Waals surface area (Å²) in [4.78, 5) is 16.6. The van der Waals surface area contributed by atoms with E-state index in [-0.39, 0.29) is 5.91 Å². The van der Waals surface area contributed by atoms with E-state index in [0.717, 1.165) is 16.8 Å². The Morgan fingerprint density at radius 1 is 1.26 bits per heavy atom. The molecule has 1 unspecified atom stereocenters. The Morgan fingerprint density at radius 2 is 2.04 bits per heavy atom. The third-order valence-corrected chi connectivity index (χ3v) is 3.73. The normalized spacial score (nSPS) is 12.1. The molecule has 0 fully saturated rings. The van der Waals surface area contributed by atoms with Crippen LogP contribution in [0.2, 0.25) is 5.02 Å². The van der Waals surface area contributed by atoms with Gasteiger partial charge in [0.15, 0.2) is 11.5 Å². The molecule has 0 saturated carbocycles. The number of aromatic nitrogens is 1. The maximum absolute atomic E-state index is 12.3. The predicted octanol–water partition coefficient (Wildman–Crippen LogP) is 4.23. The molecule has 3 rings (SSSR count). The van der Waals surface area contributed by atoms with Crippen molar-refractivity contribution in [3.8, 4) is 0 Å². The van der Waals surface area contributed by atoms with Crippen molar-refractivity contribution in [1.29, 1.82) is 0 Å². The average molecular weight is 330 g/mol. The van der Waals surface area contributed by atoms with Crippen molar-refractivity contribution in [2.24, 2.45) is 0 Å². The van der Waals surface area contributed by atoms with Crippen LogP contribution in [-0.2, 0) is 4.79 Å². The van der Waals surface area contributed by atoms with Gasteiger partial charge in [0.2, 0.25) is 5.91 Å². The number of nitrogens with one attached hydrogen (secondary N) is 2. The number of aryl methyl sites for hydroxylation is 1. The van der Waals surface area contributed by atoms with E-state index in [1.165, 1.54) is 0 Å². The highest BCUT2D eigenvalue weighted by Gasteiger charge is 2.14. The van der Waals surface area contributed by atoms with Crippen LogP contribution in [0.4, 0.5) is 11.4 Å². The zero-order valence-electron chi connectivity index (χ0n) is 12.8. The van der Waals surface area contributed by atoms with Gasteiger partial charge < -0.3 is 15.1 Å². The first kappa shape index (κ1) is 15.4. The molecule has 1 amide bonds. The van der Waals surface area contributed by atoms with E-state index in [1.54, 1.807) is 26.0 Å². The summed E-state index contributed by atoms with van der Waals surface area (Å²) >= 11 is 6.05. The van der Waals surface area contributed by atoms with E-state index in [4.69, 9.17) is 16.0 Å². The van der Waals surface area contributed by atoms with Gasteiger partial charge in [0.1, 0.15) is 11.6 Å². The number of oxazole rings is 1. The standard InChI is InChI=1S/C17H16ClN3O2/c1-10(17(22)21-14-6-4-3-5-13(14)18)19-12-7-8-16-15(9-12)20-11(2)23-16/h3-10,19H,1-2H3,(H,21,22). The molecule has 23 heavy (non-hydrogen) atoms. The van der Waals surface area contributed by atoms with Crippen LogP contribution in [0, 0.1) is 6.92 Å². The van der Waals surface area contributed by atoms with E-state index in [9.17, 15) is 4.79 Å². The molecule has 2 N–H and O–H groups in total. The molecular formula is C17H16ClN3O2. The van der Waals surface area contributed by atoms with Crippen molar-refractivity contribution >= 4 is 40.0 Å². The number of hydrogen-bond acceptors (Lipinski definition) is 4. The lowest BCUT2D eigenvalue weighted by atomic mass is 10.2. The average Bonchev–Trinajstić information content (AvgIpc) is 2.88. The highest BCUT2D eigenvalue weighted by molar-refractivity contribution is 6.33. The van der Waals surface area contributed by atoms with Gasteiger partial charge in [0, 0.05) is 12.6 Å². The van der Waals surface area contributed by atoms with Crippen molar-refractivity contribution in [1.82, 2.24) is 4.98 Å². The van der Waals surface area contributed by atoms with Crippen LogP contribution < -0.4 is 10.6 Å². The molecule has 1 aromatic heterocycles. The SMILES string of the molecule is Cc1nc2cc(NC(C)C(=O)Nc3ccccc3Cl)ccc2o1. The zero-order chi connectivity index (χ0) is 16.4. The maximum Gasteiger partial charge on any atom is 0.246 e. The second-order valence-electron chi connectivity index (χ2n) is 5.25. The molecule has 118 valence electrons. The Hall–Kier alpha value is -2.53. The molecule has 0 radical (unpaired) electrons. The lowest BCUT2D eigenvalue weighted by Crippen LogP contribution is -2.31. The third-order valence-electron chi connectivity index (χ3n) is 3.40. The number of amides is 1. The molecule has 6 heteroatoms. The van der Waals surface area contributed by atoms with Crippen LogP contribution in [0.15, 0.2) is 46.9 Å². The molecule has 1 heterocycles. The third kappa shape index (κ3) is 3.46. The molecule has 0 bridgehead atoms. The topological polar surface area (TPSA) is 67.2 Å². The molecule has 5 nitrogen and oxygen atoms in total. The van der Waals surface area contributed by atoms with E-state index in [2.05, 4.69) is 15.6 Å². The van der Waals surface area contributed by atoms with Crippen molar-refractivity contribution in [2.75, 3.05) is 10.6 Å². The molecule has 0 saturated heterocycles. The van der Waals surface area contributed by atoms with E-state index < -0.39 is 6.04 Å². The number of halogens is 1. The van der Waals surface area contributed by atoms with Gasteiger partial charge in [0.05, 0.1) is 10.7 Å². The Kier molecular flexibility index (Phi) is 4.21. The summed E-state index contributed by atoms with van der Waals surface area (Å²) in [5, 5.41) is 6.46. The highest BCUT2D eigenvalue weighted by atomic mass is 35.5. The highest BCUT2D eigenvalue weighted by Crippen LogP contribution is 2.22. The first-order valence-electron chi connectivity index (χ1n) is 7.22. The van der Waals surface area contributed by atoms with Gasteiger partial charge in [-0.15, -0.1) is 0 Å². The molecule has 0 spiro atoms. The molecule has 0 aliphatic heterocycles. The van der Waals surface area contributed by atoms with Gasteiger partial charge in [0.25, 0.3) is 0 Å². The quantitative estimate of drug-likeness (QED) is 0.751. The number of carbonyl (C=O) groups is 1. The summed E-state index contributed by atoms with van der Waals surface area (Å²) in [5.41, 5.74) is 2.87.